The van der Waals surface area contributed by atoms with Crippen LogP contribution in [0.3, 0.4) is 0 Å². The van der Waals surface area contributed by atoms with E-state index in [-0.39, 0.29) is 11.5 Å². The van der Waals surface area contributed by atoms with Crippen LogP contribution in [0.1, 0.15) is 17.5 Å². The van der Waals surface area contributed by atoms with Gasteiger partial charge >= 0.3 is 0 Å². The van der Waals surface area contributed by atoms with Crippen LogP contribution in [0.15, 0.2) is 34.7 Å². The Kier molecular flexibility index (Phi) is 4.96. The van der Waals surface area contributed by atoms with Crippen LogP contribution in [-0.2, 0) is 10.0 Å². The maximum atomic E-state index is 12.2. The first-order chi connectivity index (χ1) is 10.0. The zero-order valence-electron chi connectivity index (χ0n) is 11.3. The SMILES string of the molecule is Cc1cc(S(=O)(=O)Nc2nccs2)ccc1C#CCCO. The van der Waals surface area contributed by atoms with Gasteiger partial charge in [0.2, 0.25) is 0 Å². The van der Waals surface area contributed by atoms with Crippen LogP contribution in [0, 0.1) is 18.8 Å². The van der Waals surface area contributed by atoms with E-state index < -0.39 is 10.0 Å². The number of hydrogen-bond donors (Lipinski definition) is 2. The van der Waals surface area contributed by atoms with Gasteiger partial charge in [0.1, 0.15) is 0 Å². The number of aryl methyl sites for hydroxylation is 1. The Hall–Kier alpha value is -1.88. The van der Waals surface area contributed by atoms with Gasteiger partial charge in [-0.25, -0.2) is 13.4 Å². The second-order valence-corrected chi connectivity index (χ2v) is 6.77. The highest BCUT2D eigenvalue weighted by Gasteiger charge is 2.16. The molecule has 0 fully saturated rings. The summed E-state index contributed by atoms with van der Waals surface area (Å²) in [6.07, 6.45) is 1.93. The largest absolute Gasteiger partial charge is 0.395 e. The van der Waals surface area contributed by atoms with E-state index in [9.17, 15) is 8.42 Å². The Bertz CT molecular complexity index is 772. The summed E-state index contributed by atoms with van der Waals surface area (Å²) in [5, 5.41) is 10.7. The number of aliphatic hydroxyl groups is 1. The van der Waals surface area contributed by atoms with E-state index in [0.29, 0.717) is 11.6 Å². The van der Waals surface area contributed by atoms with Gasteiger partial charge in [0.25, 0.3) is 10.0 Å². The van der Waals surface area contributed by atoms with Crippen LogP contribution in [0.2, 0.25) is 0 Å². The van der Waals surface area contributed by atoms with E-state index in [1.165, 1.54) is 23.6 Å². The highest BCUT2D eigenvalue weighted by Crippen LogP contribution is 2.20. The summed E-state index contributed by atoms with van der Waals surface area (Å²) in [6, 6.07) is 4.74. The lowest BCUT2D eigenvalue weighted by atomic mass is 10.1. The molecule has 2 aromatic rings. The molecular weight excluding hydrogens is 308 g/mol. The Morgan fingerprint density at radius 1 is 1.43 bits per heavy atom. The molecule has 0 radical (unpaired) electrons. The lowest BCUT2D eigenvalue weighted by Gasteiger charge is -2.07. The third-order valence-electron chi connectivity index (χ3n) is 2.62. The molecule has 0 unspecified atom stereocenters. The van der Waals surface area contributed by atoms with Gasteiger partial charge in [0.05, 0.1) is 11.5 Å². The molecule has 0 aliphatic carbocycles. The number of aliphatic hydroxyl groups excluding tert-OH is 1. The number of benzene rings is 1. The molecule has 1 aromatic carbocycles. The van der Waals surface area contributed by atoms with Gasteiger partial charge < -0.3 is 5.11 Å². The van der Waals surface area contributed by atoms with Gasteiger partial charge in [0, 0.05) is 23.6 Å². The van der Waals surface area contributed by atoms with Crippen LogP contribution in [-0.4, -0.2) is 25.1 Å². The molecule has 2 N–H and O–H groups in total. The Morgan fingerprint density at radius 3 is 2.86 bits per heavy atom. The van der Waals surface area contributed by atoms with E-state index in [1.807, 2.05) is 0 Å². The summed E-state index contributed by atoms with van der Waals surface area (Å²) < 4.78 is 26.8. The average Bonchev–Trinajstić information content (AvgIpc) is 2.93. The van der Waals surface area contributed by atoms with Gasteiger partial charge in [-0.05, 0) is 30.7 Å². The summed E-state index contributed by atoms with van der Waals surface area (Å²) >= 11 is 1.22. The summed E-state index contributed by atoms with van der Waals surface area (Å²) in [4.78, 5) is 4.07. The fourth-order valence-electron chi connectivity index (χ4n) is 1.60. The number of nitrogens with one attached hydrogen (secondary N) is 1. The number of hydrogen-bond acceptors (Lipinski definition) is 5. The van der Waals surface area contributed by atoms with Crippen LogP contribution < -0.4 is 4.72 Å². The van der Waals surface area contributed by atoms with Crippen LogP contribution in [0.5, 0.6) is 0 Å². The van der Waals surface area contributed by atoms with Gasteiger partial charge in [-0.3, -0.25) is 4.72 Å². The standard InChI is InChI=1S/C14H14N2O3S2/c1-11-10-13(6-5-12(11)4-2-3-8-17)21(18,19)16-14-15-7-9-20-14/h5-7,9-10,17H,3,8H2,1H3,(H,15,16). The van der Waals surface area contributed by atoms with Crippen molar-refractivity contribution in [2.24, 2.45) is 0 Å². The van der Waals surface area contributed by atoms with E-state index in [1.54, 1.807) is 24.4 Å². The zero-order valence-corrected chi connectivity index (χ0v) is 13.0. The molecule has 0 saturated heterocycles. The molecule has 0 aliphatic rings. The molecule has 2 rings (SSSR count). The molecule has 1 aromatic heterocycles. The van der Waals surface area contributed by atoms with Gasteiger partial charge in [-0.2, -0.15) is 0 Å². The first-order valence-corrected chi connectivity index (χ1v) is 8.52. The van der Waals surface area contributed by atoms with Crippen molar-refractivity contribution in [3.05, 3.63) is 40.9 Å². The Labute approximate surface area is 127 Å². The average molecular weight is 322 g/mol. The summed E-state index contributed by atoms with van der Waals surface area (Å²) in [5.41, 5.74) is 1.51. The second kappa shape index (κ2) is 6.72. The smallest absolute Gasteiger partial charge is 0.263 e. The fraction of sp³-hybridized carbons (Fsp3) is 0.214. The van der Waals surface area contributed by atoms with Crippen molar-refractivity contribution in [1.82, 2.24) is 4.98 Å². The quantitative estimate of drug-likeness (QED) is 0.844. The van der Waals surface area contributed by atoms with E-state index in [0.717, 1.165) is 11.1 Å². The molecule has 0 amide bonds. The second-order valence-electron chi connectivity index (χ2n) is 4.19. The highest BCUT2D eigenvalue weighted by atomic mass is 32.2. The van der Waals surface area contributed by atoms with Crippen LogP contribution >= 0.6 is 11.3 Å². The number of aromatic nitrogens is 1. The maximum absolute atomic E-state index is 12.2. The number of nitrogens with zero attached hydrogens (tertiary/aromatic N) is 1. The minimum atomic E-state index is -3.64. The Morgan fingerprint density at radius 2 is 2.24 bits per heavy atom. The highest BCUT2D eigenvalue weighted by molar-refractivity contribution is 7.93. The maximum Gasteiger partial charge on any atom is 0.263 e. The molecule has 110 valence electrons. The monoisotopic (exact) mass is 322 g/mol. The zero-order chi connectivity index (χ0) is 15.3. The number of anilines is 1. The van der Waals surface area contributed by atoms with Crippen molar-refractivity contribution in [3.63, 3.8) is 0 Å². The summed E-state index contributed by atoms with van der Waals surface area (Å²) in [6.45, 7) is 1.81. The molecule has 0 aliphatic heterocycles. The van der Waals surface area contributed by atoms with Crippen molar-refractivity contribution < 1.29 is 13.5 Å². The van der Waals surface area contributed by atoms with Gasteiger partial charge in [-0.1, -0.05) is 11.8 Å². The van der Waals surface area contributed by atoms with Crippen molar-refractivity contribution in [1.29, 1.82) is 0 Å². The van der Waals surface area contributed by atoms with E-state index in [2.05, 4.69) is 21.5 Å². The molecule has 21 heavy (non-hydrogen) atoms. The van der Waals surface area contributed by atoms with Gasteiger partial charge in [-0.15, -0.1) is 11.3 Å². The minimum absolute atomic E-state index is 0.0102. The third kappa shape index (κ3) is 4.04. The Balaban J connectivity index is 2.25. The number of sulfonamides is 1. The molecule has 7 heteroatoms. The summed E-state index contributed by atoms with van der Waals surface area (Å²) in [7, 11) is -3.64. The van der Waals surface area contributed by atoms with Crippen molar-refractivity contribution in [2.45, 2.75) is 18.2 Å². The van der Waals surface area contributed by atoms with Crippen molar-refractivity contribution >= 4 is 26.5 Å². The first kappa shape index (κ1) is 15.5. The fourth-order valence-corrected chi connectivity index (χ4v) is 3.48. The molecule has 1 heterocycles. The molecule has 0 atom stereocenters. The first-order valence-electron chi connectivity index (χ1n) is 6.15. The molecule has 0 bridgehead atoms. The van der Waals surface area contributed by atoms with Crippen molar-refractivity contribution in [3.8, 4) is 11.8 Å². The normalized spacial score (nSPS) is 10.8. The molecule has 5 nitrogen and oxygen atoms in total. The minimum Gasteiger partial charge on any atom is -0.395 e. The predicted octanol–water partition coefficient (Wildman–Crippen LogP) is 1.99. The predicted molar refractivity (Wildman–Crippen MR) is 82.7 cm³/mol. The number of thiazole rings is 1. The van der Waals surface area contributed by atoms with Gasteiger partial charge in [0.15, 0.2) is 5.13 Å². The van der Waals surface area contributed by atoms with Crippen LogP contribution in [0.4, 0.5) is 5.13 Å². The third-order valence-corrected chi connectivity index (χ3v) is 4.78. The topological polar surface area (TPSA) is 79.3 Å². The van der Waals surface area contributed by atoms with Crippen molar-refractivity contribution in [2.75, 3.05) is 11.3 Å². The van der Waals surface area contributed by atoms with E-state index in [4.69, 9.17) is 5.11 Å². The van der Waals surface area contributed by atoms with E-state index >= 15 is 0 Å². The lowest BCUT2D eigenvalue weighted by Crippen LogP contribution is -2.13. The molecule has 0 spiro atoms. The van der Waals surface area contributed by atoms with Crippen LogP contribution in [0.25, 0.3) is 0 Å². The molecule has 0 saturated carbocycles. The summed E-state index contributed by atoms with van der Waals surface area (Å²) in [5.74, 6) is 5.72. The number of rotatable bonds is 4. The lowest BCUT2D eigenvalue weighted by molar-refractivity contribution is 0.305. The molecular formula is C14H14N2O3S2.